The van der Waals surface area contributed by atoms with Crippen molar-refractivity contribution in [2.45, 2.75) is 69.1 Å². The molecular weight excluding hydrogens is 580 g/mol. The van der Waals surface area contributed by atoms with Crippen molar-refractivity contribution in [1.29, 1.82) is 0 Å². The highest BCUT2D eigenvalue weighted by Crippen LogP contribution is 2.39. The second-order valence-electron chi connectivity index (χ2n) is 11.0. The van der Waals surface area contributed by atoms with Gasteiger partial charge < -0.3 is 25.0 Å². The number of alkyl halides is 6. The molecule has 7 nitrogen and oxygen atoms in total. The number of hydrogen-bond acceptors (Lipinski definition) is 4. The molecule has 0 bridgehead atoms. The highest BCUT2D eigenvalue weighted by atomic mass is 19.4. The Labute approximate surface area is 245 Å². The Morgan fingerprint density at radius 3 is 2.07 bits per heavy atom. The average Bonchev–Trinajstić information content (AvgIpc) is 2.97. The number of hydrogen-bond donors (Lipinski definition) is 2. The van der Waals surface area contributed by atoms with Crippen LogP contribution in [0.5, 0.6) is 0 Å². The van der Waals surface area contributed by atoms with Crippen LogP contribution in [0.4, 0.5) is 31.1 Å². The SMILES string of the molecule is C[C@@H](O[C@H]1CCN(C(=O)NC2CCN(C(=O)CCO)CC2)C[C@H]1c1ccccc1)c1cc(C(F)(F)F)cc(C(F)(F)F)c1. The molecule has 0 unspecified atom stereocenters. The maximum absolute atomic E-state index is 13.4. The molecule has 0 aliphatic carbocycles. The van der Waals surface area contributed by atoms with Gasteiger partial charge in [-0.05, 0) is 55.5 Å². The molecule has 2 heterocycles. The summed E-state index contributed by atoms with van der Waals surface area (Å²) in [5.41, 5.74) is -2.21. The van der Waals surface area contributed by atoms with Crippen molar-refractivity contribution < 1.29 is 45.8 Å². The number of piperidine rings is 2. The van der Waals surface area contributed by atoms with Gasteiger partial charge in [0, 0.05) is 44.6 Å². The number of aliphatic hydroxyl groups is 1. The molecule has 0 aromatic heterocycles. The van der Waals surface area contributed by atoms with E-state index in [1.54, 1.807) is 9.80 Å². The fourth-order valence-electron chi connectivity index (χ4n) is 5.65. The number of rotatable bonds is 7. The van der Waals surface area contributed by atoms with Crippen molar-refractivity contribution in [3.63, 3.8) is 0 Å². The van der Waals surface area contributed by atoms with Crippen LogP contribution in [0, 0.1) is 0 Å². The molecule has 2 aliphatic heterocycles. The number of ether oxygens (including phenoxy) is 1. The van der Waals surface area contributed by atoms with Gasteiger partial charge in [-0.3, -0.25) is 4.79 Å². The minimum absolute atomic E-state index is 0.0603. The van der Waals surface area contributed by atoms with Crippen LogP contribution in [0.15, 0.2) is 48.5 Å². The number of nitrogens with zero attached hydrogens (tertiary/aromatic N) is 2. The zero-order chi connectivity index (χ0) is 31.4. The average molecular weight is 616 g/mol. The number of urea groups is 1. The molecule has 2 saturated heterocycles. The van der Waals surface area contributed by atoms with Crippen LogP contribution in [0.3, 0.4) is 0 Å². The first kappa shape index (κ1) is 32.6. The Morgan fingerprint density at radius 2 is 1.51 bits per heavy atom. The smallest absolute Gasteiger partial charge is 0.396 e. The van der Waals surface area contributed by atoms with E-state index in [0.717, 1.165) is 5.56 Å². The summed E-state index contributed by atoms with van der Waals surface area (Å²) < 4.78 is 86.8. The van der Waals surface area contributed by atoms with E-state index in [1.165, 1.54) is 6.92 Å². The topological polar surface area (TPSA) is 82.1 Å². The lowest BCUT2D eigenvalue weighted by Crippen LogP contribution is -2.53. The normalized spacial score (nSPS) is 21.0. The zero-order valence-electron chi connectivity index (χ0n) is 23.6. The van der Waals surface area contributed by atoms with E-state index < -0.39 is 35.7 Å². The van der Waals surface area contributed by atoms with Gasteiger partial charge in [0.05, 0.1) is 29.9 Å². The number of amides is 3. The Kier molecular flexibility index (Phi) is 10.3. The van der Waals surface area contributed by atoms with E-state index in [9.17, 15) is 35.9 Å². The van der Waals surface area contributed by atoms with E-state index in [1.807, 2.05) is 30.3 Å². The summed E-state index contributed by atoms with van der Waals surface area (Å²) in [4.78, 5) is 28.5. The van der Waals surface area contributed by atoms with E-state index in [-0.39, 0.29) is 61.6 Å². The number of carbonyl (C=O) groups is 2. The van der Waals surface area contributed by atoms with Crippen molar-refractivity contribution in [3.05, 3.63) is 70.8 Å². The minimum Gasteiger partial charge on any atom is -0.396 e. The highest BCUT2D eigenvalue weighted by Gasteiger charge is 2.39. The molecule has 3 amide bonds. The number of carbonyl (C=O) groups excluding carboxylic acids is 2. The predicted molar refractivity (Wildman–Crippen MR) is 145 cm³/mol. The molecule has 2 N–H and O–H groups in total. The molecule has 0 saturated carbocycles. The van der Waals surface area contributed by atoms with E-state index in [4.69, 9.17) is 9.84 Å². The molecule has 2 aromatic rings. The number of aliphatic hydroxyl groups excluding tert-OH is 1. The first-order valence-corrected chi connectivity index (χ1v) is 14.2. The summed E-state index contributed by atoms with van der Waals surface area (Å²) in [5, 5.41) is 12.0. The van der Waals surface area contributed by atoms with Gasteiger partial charge in [0.1, 0.15) is 0 Å². The second kappa shape index (κ2) is 13.5. The quantitative estimate of drug-likeness (QED) is 0.390. The first-order chi connectivity index (χ1) is 20.3. The van der Waals surface area contributed by atoms with Gasteiger partial charge in [-0.2, -0.15) is 26.3 Å². The van der Waals surface area contributed by atoms with Crippen molar-refractivity contribution in [3.8, 4) is 0 Å². The van der Waals surface area contributed by atoms with Crippen LogP contribution in [-0.4, -0.2) is 71.8 Å². The predicted octanol–water partition coefficient (Wildman–Crippen LogP) is 5.74. The Morgan fingerprint density at radius 1 is 0.930 bits per heavy atom. The van der Waals surface area contributed by atoms with Crippen molar-refractivity contribution in [2.75, 3.05) is 32.8 Å². The molecule has 2 fully saturated rings. The summed E-state index contributed by atoms with van der Waals surface area (Å²) in [5.74, 6) is -0.511. The van der Waals surface area contributed by atoms with Crippen LogP contribution in [0.1, 0.15) is 66.9 Å². The van der Waals surface area contributed by atoms with Crippen LogP contribution in [0.2, 0.25) is 0 Å². The number of nitrogens with one attached hydrogen (secondary N) is 1. The summed E-state index contributed by atoms with van der Waals surface area (Å²) in [7, 11) is 0. The summed E-state index contributed by atoms with van der Waals surface area (Å²) >= 11 is 0. The maximum atomic E-state index is 13.4. The Hall–Kier alpha value is -3.32. The van der Waals surface area contributed by atoms with Crippen LogP contribution in [0.25, 0.3) is 0 Å². The van der Waals surface area contributed by atoms with Crippen molar-refractivity contribution in [1.82, 2.24) is 15.1 Å². The monoisotopic (exact) mass is 615 g/mol. The largest absolute Gasteiger partial charge is 0.416 e. The molecule has 0 radical (unpaired) electrons. The van der Waals surface area contributed by atoms with E-state index in [2.05, 4.69) is 5.32 Å². The van der Waals surface area contributed by atoms with Gasteiger partial charge >= 0.3 is 18.4 Å². The molecule has 13 heteroatoms. The number of likely N-dealkylation sites (tertiary alicyclic amines) is 2. The Bertz CT molecular complexity index is 1220. The van der Waals surface area contributed by atoms with Crippen molar-refractivity contribution >= 4 is 11.9 Å². The van der Waals surface area contributed by atoms with Crippen LogP contribution >= 0.6 is 0 Å². The molecular formula is C30H35F6N3O4. The molecule has 2 aromatic carbocycles. The van der Waals surface area contributed by atoms with E-state index in [0.29, 0.717) is 44.5 Å². The number of benzene rings is 2. The van der Waals surface area contributed by atoms with E-state index >= 15 is 0 Å². The molecule has 4 rings (SSSR count). The lowest BCUT2D eigenvalue weighted by Gasteiger charge is -2.41. The zero-order valence-corrected chi connectivity index (χ0v) is 23.6. The summed E-state index contributed by atoms with van der Waals surface area (Å²) in [6.07, 6.45) is -10.1. The molecule has 43 heavy (non-hydrogen) atoms. The third-order valence-corrected chi connectivity index (χ3v) is 8.02. The molecule has 236 valence electrons. The maximum Gasteiger partial charge on any atom is 0.416 e. The van der Waals surface area contributed by atoms with Gasteiger partial charge in [-0.25, -0.2) is 4.79 Å². The Balaban J connectivity index is 1.46. The first-order valence-electron chi connectivity index (χ1n) is 14.2. The van der Waals surface area contributed by atoms with Gasteiger partial charge in [0.25, 0.3) is 0 Å². The summed E-state index contributed by atoms with van der Waals surface area (Å²) in [6.45, 7) is 2.65. The van der Waals surface area contributed by atoms with Gasteiger partial charge in [0.2, 0.25) is 5.91 Å². The summed E-state index contributed by atoms with van der Waals surface area (Å²) in [6, 6.07) is 10.2. The van der Waals surface area contributed by atoms with Crippen LogP contribution < -0.4 is 5.32 Å². The minimum atomic E-state index is -4.97. The molecule has 0 spiro atoms. The lowest BCUT2D eigenvalue weighted by atomic mass is 9.87. The van der Waals surface area contributed by atoms with Crippen molar-refractivity contribution in [2.24, 2.45) is 0 Å². The molecule has 3 atom stereocenters. The lowest BCUT2D eigenvalue weighted by molar-refractivity contribution is -0.143. The highest BCUT2D eigenvalue weighted by molar-refractivity contribution is 5.77. The van der Waals surface area contributed by atoms with Gasteiger partial charge in [-0.15, -0.1) is 0 Å². The van der Waals surface area contributed by atoms with Gasteiger partial charge in [0.15, 0.2) is 0 Å². The van der Waals surface area contributed by atoms with Gasteiger partial charge in [-0.1, -0.05) is 30.3 Å². The van der Waals surface area contributed by atoms with Crippen LogP contribution in [-0.2, 0) is 21.9 Å². The fraction of sp³-hybridized carbons (Fsp3) is 0.533. The third-order valence-electron chi connectivity index (χ3n) is 8.02. The molecule has 2 aliphatic rings. The number of halogens is 6. The third kappa shape index (κ3) is 8.41. The second-order valence-corrected chi connectivity index (χ2v) is 11.0. The standard InChI is InChI=1S/C30H35F6N3O4/c1-19(21-15-22(29(31,32)33)17-23(16-21)30(34,35)36)43-26-9-13-39(18-25(26)20-5-3-2-4-6-20)28(42)37-24-7-11-38(12-8-24)27(41)10-14-40/h2-6,15-17,19,24-26,40H,7-14,18H2,1H3,(H,37,42)/t19-,25+,26+/m1/s1. The fourth-order valence-corrected chi connectivity index (χ4v) is 5.65.